The van der Waals surface area contributed by atoms with Crippen LogP contribution >= 0.6 is 11.6 Å². The van der Waals surface area contributed by atoms with E-state index in [1.165, 1.54) is 32.6 Å². The topological polar surface area (TPSA) is 115 Å². The Morgan fingerprint density at radius 1 is 0.853 bits per heavy atom. The fraction of sp³-hybridized carbons (Fsp3) is 0.0833. The van der Waals surface area contributed by atoms with Crippen molar-refractivity contribution >= 4 is 41.3 Å². The molecule has 0 spiro atoms. The molecule has 0 aliphatic heterocycles. The van der Waals surface area contributed by atoms with E-state index in [2.05, 4.69) is 15.8 Å². The van der Waals surface area contributed by atoms with Gasteiger partial charge in [0.2, 0.25) is 0 Å². The van der Waals surface area contributed by atoms with Gasteiger partial charge in [-0.2, -0.15) is 5.10 Å². The second-order valence-electron chi connectivity index (χ2n) is 6.66. The van der Waals surface area contributed by atoms with Crippen molar-refractivity contribution in [2.75, 3.05) is 19.5 Å². The zero-order valence-electron chi connectivity index (χ0n) is 18.2. The highest BCUT2D eigenvalue weighted by Gasteiger charge is 2.16. The number of hydrogen-bond acceptors (Lipinski definition) is 7. The molecule has 0 saturated carbocycles. The molecular weight excluding hydrogens is 462 g/mol. The van der Waals surface area contributed by atoms with Gasteiger partial charge in [0.15, 0.2) is 11.5 Å². The van der Waals surface area contributed by atoms with E-state index < -0.39 is 17.8 Å². The molecular formula is C24H20ClN3O6. The third kappa shape index (κ3) is 6.33. The number of amides is 2. The van der Waals surface area contributed by atoms with Crippen molar-refractivity contribution in [2.24, 2.45) is 5.10 Å². The van der Waals surface area contributed by atoms with Crippen molar-refractivity contribution in [1.82, 2.24) is 5.43 Å². The minimum atomic E-state index is -1.00. The first-order chi connectivity index (χ1) is 16.4. The number of anilines is 1. The maximum Gasteiger partial charge on any atom is 0.343 e. The maximum absolute atomic E-state index is 12.3. The van der Waals surface area contributed by atoms with Crippen molar-refractivity contribution in [3.63, 3.8) is 0 Å². The van der Waals surface area contributed by atoms with E-state index in [9.17, 15) is 14.4 Å². The average Bonchev–Trinajstić information content (AvgIpc) is 2.85. The van der Waals surface area contributed by atoms with Gasteiger partial charge < -0.3 is 19.5 Å². The van der Waals surface area contributed by atoms with Crippen LogP contribution in [0.3, 0.4) is 0 Å². The van der Waals surface area contributed by atoms with Crippen LogP contribution in [0, 0.1) is 0 Å². The lowest BCUT2D eigenvalue weighted by Crippen LogP contribution is -2.32. The summed E-state index contributed by atoms with van der Waals surface area (Å²) in [6.45, 7) is 0. The van der Waals surface area contributed by atoms with Crippen molar-refractivity contribution in [3.8, 4) is 17.2 Å². The first-order valence-corrected chi connectivity index (χ1v) is 10.2. The highest BCUT2D eigenvalue weighted by atomic mass is 35.5. The number of halogens is 1. The van der Waals surface area contributed by atoms with Crippen molar-refractivity contribution < 1.29 is 28.6 Å². The number of methoxy groups -OCH3 is 2. The monoisotopic (exact) mass is 481 g/mol. The molecule has 0 heterocycles. The summed E-state index contributed by atoms with van der Waals surface area (Å²) in [4.78, 5) is 36.5. The lowest BCUT2D eigenvalue weighted by Gasteiger charge is -2.10. The summed E-state index contributed by atoms with van der Waals surface area (Å²) < 4.78 is 15.8. The number of esters is 1. The van der Waals surface area contributed by atoms with E-state index in [4.69, 9.17) is 25.8 Å². The Bertz CT molecular complexity index is 1230. The van der Waals surface area contributed by atoms with Crippen LogP contribution in [0.1, 0.15) is 15.9 Å². The molecule has 0 aliphatic carbocycles. The lowest BCUT2D eigenvalue weighted by atomic mass is 10.2. The summed E-state index contributed by atoms with van der Waals surface area (Å²) in [5, 5.41) is 6.54. The Morgan fingerprint density at radius 2 is 1.56 bits per heavy atom. The Morgan fingerprint density at radius 3 is 2.26 bits per heavy atom. The summed E-state index contributed by atoms with van der Waals surface area (Å²) in [5.74, 6) is -1.65. The third-order valence-electron chi connectivity index (χ3n) is 4.40. The van der Waals surface area contributed by atoms with E-state index in [0.29, 0.717) is 21.9 Å². The van der Waals surface area contributed by atoms with Gasteiger partial charge in [-0.3, -0.25) is 9.59 Å². The molecule has 0 aromatic heterocycles. The molecule has 0 unspecified atom stereocenters. The molecule has 2 N–H and O–H groups in total. The molecule has 34 heavy (non-hydrogen) atoms. The summed E-state index contributed by atoms with van der Waals surface area (Å²) in [6.07, 6.45) is 1.30. The van der Waals surface area contributed by atoms with E-state index in [-0.39, 0.29) is 17.2 Å². The van der Waals surface area contributed by atoms with E-state index >= 15 is 0 Å². The number of benzene rings is 3. The minimum absolute atomic E-state index is 0.215. The van der Waals surface area contributed by atoms with Gasteiger partial charge in [0.1, 0.15) is 5.75 Å². The van der Waals surface area contributed by atoms with Crippen LogP contribution in [-0.4, -0.2) is 38.2 Å². The Kier molecular flexibility index (Phi) is 8.20. The summed E-state index contributed by atoms with van der Waals surface area (Å²) >= 11 is 5.91. The maximum atomic E-state index is 12.3. The van der Waals surface area contributed by atoms with E-state index in [1.54, 1.807) is 54.6 Å². The fourth-order valence-corrected chi connectivity index (χ4v) is 2.93. The second-order valence-corrected chi connectivity index (χ2v) is 7.10. The van der Waals surface area contributed by atoms with Crippen molar-refractivity contribution in [3.05, 3.63) is 82.9 Å². The first kappa shape index (κ1) is 24.3. The van der Waals surface area contributed by atoms with Crippen LogP contribution in [0.25, 0.3) is 0 Å². The number of hydrogen-bond donors (Lipinski definition) is 2. The summed E-state index contributed by atoms with van der Waals surface area (Å²) in [6, 6.07) is 17.8. The predicted octanol–water partition coefficient (Wildman–Crippen LogP) is 3.67. The zero-order chi connectivity index (χ0) is 24.5. The second kappa shape index (κ2) is 11.5. The van der Waals surface area contributed by atoms with Gasteiger partial charge in [0.25, 0.3) is 0 Å². The normalized spacial score (nSPS) is 10.4. The molecule has 0 saturated heterocycles. The number of rotatable bonds is 7. The zero-order valence-corrected chi connectivity index (χ0v) is 19.0. The first-order valence-electron chi connectivity index (χ1n) is 9.84. The lowest BCUT2D eigenvalue weighted by molar-refractivity contribution is -0.136. The molecule has 2 amide bonds. The molecule has 0 radical (unpaired) electrons. The van der Waals surface area contributed by atoms with Crippen LogP contribution in [0.4, 0.5) is 5.69 Å². The van der Waals surface area contributed by atoms with E-state index in [0.717, 1.165) is 0 Å². The van der Waals surface area contributed by atoms with Crippen molar-refractivity contribution in [1.29, 1.82) is 0 Å². The van der Waals surface area contributed by atoms with Gasteiger partial charge >= 0.3 is 17.8 Å². The van der Waals surface area contributed by atoms with Crippen LogP contribution in [0.5, 0.6) is 17.2 Å². The van der Waals surface area contributed by atoms with E-state index in [1.807, 2.05) is 0 Å². The average molecular weight is 482 g/mol. The molecule has 0 fully saturated rings. The SMILES string of the molecule is COc1ccc(Cl)cc1NC(=O)C(=O)N/N=C/c1ccc(OC(=O)c2ccccc2)c(OC)c1. The molecule has 9 nitrogen and oxygen atoms in total. The van der Waals surface area contributed by atoms with Crippen LogP contribution in [-0.2, 0) is 9.59 Å². The number of carbonyl (C=O) groups is 3. The van der Waals surface area contributed by atoms with Gasteiger partial charge in [0.05, 0.1) is 31.7 Å². The van der Waals surface area contributed by atoms with Gasteiger partial charge in [-0.1, -0.05) is 29.8 Å². The van der Waals surface area contributed by atoms with Crippen LogP contribution in [0.2, 0.25) is 5.02 Å². The molecule has 3 rings (SSSR count). The van der Waals surface area contributed by atoms with Gasteiger partial charge in [-0.15, -0.1) is 0 Å². The molecule has 3 aromatic carbocycles. The molecule has 10 heteroatoms. The van der Waals surface area contributed by atoms with Crippen LogP contribution < -0.4 is 25.0 Å². The predicted molar refractivity (Wildman–Crippen MR) is 127 cm³/mol. The fourth-order valence-electron chi connectivity index (χ4n) is 2.76. The molecule has 0 bridgehead atoms. The molecule has 0 aliphatic rings. The largest absolute Gasteiger partial charge is 0.495 e. The smallest absolute Gasteiger partial charge is 0.343 e. The van der Waals surface area contributed by atoms with Gasteiger partial charge in [-0.25, -0.2) is 10.2 Å². The number of ether oxygens (including phenoxy) is 3. The summed E-state index contributed by atoms with van der Waals surface area (Å²) in [5.41, 5.74) is 3.28. The van der Waals surface area contributed by atoms with Crippen LogP contribution in [0.15, 0.2) is 71.8 Å². The molecule has 0 atom stereocenters. The van der Waals surface area contributed by atoms with Gasteiger partial charge in [0, 0.05) is 5.02 Å². The summed E-state index contributed by atoms with van der Waals surface area (Å²) in [7, 11) is 2.84. The standard InChI is InChI=1S/C24H20ClN3O6/c1-32-19-11-9-17(25)13-18(19)27-22(29)23(30)28-26-14-15-8-10-20(21(12-15)33-2)34-24(31)16-6-4-3-5-7-16/h3-14H,1-2H3,(H,27,29)(H,28,30)/b26-14+. The Hall–Kier alpha value is -4.37. The highest BCUT2D eigenvalue weighted by molar-refractivity contribution is 6.40. The Balaban J connectivity index is 1.62. The highest BCUT2D eigenvalue weighted by Crippen LogP contribution is 2.29. The molecule has 174 valence electrons. The number of nitrogens with zero attached hydrogens (tertiary/aromatic N) is 1. The van der Waals surface area contributed by atoms with Crippen molar-refractivity contribution in [2.45, 2.75) is 0 Å². The van der Waals surface area contributed by atoms with Gasteiger partial charge in [-0.05, 0) is 54.1 Å². The quantitative estimate of drug-likeness (QED) is 0.175. The molecule has 3 aromatic rings. The number of carbonyl (C=O) groups excluding carboxylic acids is 3. The number of hydrazone groups is 1. The Labute approximate surface area is 200 Å². The number of nitrogens with one attached hydrogen (secondary N) is 2. The third-order valence-corrected chi connectivity index (χ3v) is 4.63. The minimum Gasteiger partial charge on any atom is -0.495 e.